The third kappa shape index (κ3) is 3.70. The Morgan fingerprint density at radius 2 is 2.22 bits per heavy atom. The van der Waals surface area contributed by atoms with Gasteiger partial charge in [0.05, 0.1) is 6.54 Å². The smallest absolute Gasteiger partial charge is 0.178 e. The summed E-state index contributed by atoms with van der Waals surface area (Å²) in [6.45, 7) is 6.12. The van der Waals surface area contributed by atoms with Gasteiger partial charge in [0.2, 0.25) is 0 Å². The van der Waals surface area contributed by atoms with E-state index in [1.165, 1.54) is 19.3 Å². The molecule has 1 aromatic rings. The number of hydrogen-bond acceptors (Lipinski definition) is 2. The number of nitrogens with zero attached hydrogens (tertiary/aromatic N) is 2. The van der Waals surface area contributed by atoms with Crippen molar-refractivity contribution in [2.24, 2.45) is 13.0 Å². The van der Waals surface area contributed by atoms with Crippen LogP contribution in [0.15, 0.2) is 18.5 Å². The molecule has 1 heterocycles. The van der Waals surface area contributed by atoms with Crippen molar-refractivity contribution in [3.8, 4) is 0 Å². The molecule has 3 nitrogen and oxygen atoms in total. The van der Waals surface area contributed by atoms with Crippen molar-refractivity contribution in [1.29, 1.82) is 0 Å². The first kappa shape index (κ1) is 13.3. The monoisotopic (exact) mass is 248 g/mol. The van der Waals surface area contributed by atoms with E-state index in [0.29, 0.717) is 18.5 Å². The second kappa shape index (κ2) is 5.70. The number of carbonyl (C=O) groups excluding carboxylic acids is 1. The zero-order chi connectivity index (χ0) is 13.1. The lowest BCUT2D eigenvalue weighted by Gasteiger charge is -2.21. The first-order valence-corrected chi connectivity index (χ1v) is 6.95. The van der Waals surface area contributed by atoms with E-state index in [-0.39, 0.29) is 5.78 Å². The van der Waals surface area contributed by atoms with Gasteiger partial charge in [0.1, 0.15) is 0 Å². The third-order valence-electron chi connectivity index (χ3n) is 3.56. The molecule has 2 rings (SSSR count). The fourth-order valence-electron chi connectivity index (χ4n) is 2.20. The quantitative estimate of drug-likeness (QED) is 0.693. The standard InChI is InChI=1S/C15H24N2O/c1-12(2)6-9-17(14-4-5-14)11-15(18)13-7-8-16(3)10-13/h7-8,10,12,14H,4-6,9,11H2,1-3H3. The molecule has 3 heteroatoms. The van der Waals surface area contributed by atoms with Crippen molar-refractivity contribution in [3.05, 3.63) is 24.0 Å². The summed E-state index contributed by atoms with van der Waals surface area (Å²) in [6.07, 6.45) is 7.55. The summed E-state index contributed by atoms with van der Waals surface area (Å²) in [7, 11) is 1.95. The average Bonchev–Trinajstić information content (AvgIpc) is 3.06. The predicted molar refractivity (Wildman–Crippen MR) is 73.8 cm³/mol. The predicted octanol–water partition coefficient (Wildman–Crippen LogP) is 2.72. The summed E-state index contributed by atoms with van der Waals surface area (Å²) in [5, 5.41) is 0. The van der Waals surface area contributed by atoms with Crippen LogP contribution in [0.4, 0.5) is 0 Å². The summed E-state index contributed by atoms with van der Waals surface area (Å²) >= 11 is 0. The van der Waals surface area contributed by atoms with Gasteiger partial charge in [0.15, 0.2) is 5.78 Å². The van der Waals surface area contributed by atoms with Gasteiger partial charge in [0, 0.05) is 31.0 Å². The number of hydrogen-bond donors (Lipinski definition) is 0. The first-order valence-electron chi connectivity index (χ1n) is 6.95. The fraction of sp³-hybridized carbons (Fsp3) is 0.667. The van der Waals surface area contributed by atoms with Crippen LogP contribution in [-0.2, 0) is 7.05 Å². The first-order chi connectivity index (χ1) is 8.56. The topological polar surface area (TPSA) is 25.2 Å². The molecule has 0 aromatic carbocycles. The highest BCUT2D eigenvalue weighted by molar-refractivity contribution is 5.97. The van der Waals surface area contributed by atoms with Gasteiger partial charge in [-0.25, -0.2) is 0 Å². The molecule has 100 valence electrons. The van der Waals surface area contributed by atoms with Crippen molar-refractivity contribution in [1.82, 2.24) is 9.47 Å². The molecule has 0 radical (unpaired) electrons. The van der Waals surface area contributed by atoms with Crippen molar-refractivity contribution in [2.45, 2.75) is 39.2 Å². The minimum absolute atomic E-state index is 0.256. The second-order valence-corrected chi connectivity index (χ2v) is 5.87. The Morgan fingerprint density at radius 1 is 1.50 bits per heavy atom. The van der Waals surface area contributed by atoms with Crippen LogP contribution in [-0.4, -0.2) is 34.4 Å². The molecule has 0 spiro atoms. The molecule has 1 fully saturated rings. The van der Waals surface area contributed by atoms with Gasteiger partial charge < -0.3 is 4.57 Å². The van der Waals surface area contributed by atoms with Crippen LogP contribution in [0.1, 0.15) is 43.5 Å². The SMILES string of the molecule is CC(C)CCN(CC(=O)c1ccn(C)c1)C1CC1. The molecule has 0 saturated heterocycles. The molecule has 1 aliphatic carbocycles. The van der Waals surface area contributed by atoms with E-state index in [2.05, 4.69) is 18.7 Å². The third-order valence-corrected chi connectivity index (χ3v) is 3.56. The summed E-state index contributed by atoms with van der Waals surface area (Å²) in [5.74, 6) is 0.962. The van der Waals surface area contributed by atoms with Crippen molar-refractivity contribution >= 4 is 5.78 Å². The van der Waals surface area contributed by atoms with E-state index >= 15 is 0 Å². The van der Waals surface area contributed by atoms with Gasteiger partial charge >= 0.3 is 0 Å². The Morgan fingerprint density at radius 3 is 2.72 bits per heavy atom. The van der Waals surface area contributed by atoms with E-state index in [1.807, 2.05) is 30.1 Å². The molecule has 1 saturated carbocycles. The summed E-state index contributed by atoms with van der Waals surface area (Å²) in [6, 6.07) is 2.58. The zero-order valence-electron chi connectivity index (χ0n) is 11.7. The Bertz CT molecular complexity index is 404. The van der Waals surface area contributed by atoms with Crippen LogP contribution in [0.25, 0.3) is 0 Å². The van der Waals surface area contributed by atoms with Crippen LogP contribution in [0, 0.1) is 5.92 Å². The lowest BCUT2D eigenvalue weighted by molar-refractivity contribution is 0.0920. The molecular formula is C15H24N2O. The van der Waals surface area contributed by atoms with E-state index in [4.69, 9.17) is 0 Å². The van der Waals surface area contributed by atoms with Crippen molar-refractivity contribution in [3.63, 3.8) is 0 Å². The molecule has 18 heavy (non-hydrogen) atoms. The van der Waals surface area contributed by atoms with Crippen molar-refractivity contribution in [2.75, 3.05) is 13.1 Å². The maximum Gasteiger partial charge on any atom is 0.178 e. The molecule has 1 aliphatic rings. The Hall–Kier alpha value is -1.09. The second-order valence-electron chi connectivity index (χ2n) is 5.87. The number of Topliss-reactive ketones (excluding diaryl/α,β-unsaturated/α-hetero) is 1. The van der Waals surface area contributed by atoms with Gasteiger partial charge in [-0.05, 0) is 37.8 Å². The van der Waals surface area contributed by atoms with Crippen LogP contribution in [0.3, 0.4) is 0 Å². The van der Waals surface area contributed by atoms with E-state index in [9.17, 15) is 4.79 Å². The van der Waals surface area contributed by atoms with Gasteiger partial charge in [-0.15, -0.1) is 0 Å². The molecule has 0 bridgehead atoms. The highest BCUT2D eigenvalue weighted by atomic mass is 16.1. The molecule has 0 atom stereocenters. The molecule has 1 aromatic heterocycles. The van der Waals surface area contributed by atoms with Crippen molar-refractivity contribution < 1.29 is 4.79 Å². The van der Waals surface area contributed by atoms with Gasteiger partial charge in [-0.3, -0.25) is 9.69 Å². The van der Waals surface area contributed by atoms with E-state index in [0.717, 1.165) is 12.1 Å². The largest absolute Gasteiger partial charge is 0.357 e. The Balaban J connectivity index is 1.90. The number of carbonyl (C=O) groups is 1. The van der Waals surface area contributed by atoms with Crippen LogP contribution >= 0.6 is 0 Å². The Labute approximate surface area is 110 Å². The average molecular weight is 248 g/mol. The molecule has 0 amide bonds. The van der Waals surface area contributed by atoms with Gasteiger partial charge in [-0.2, -0.15) is 0 Å². The fourth-order valence-corrected chi connectivity index (χ4v) is 2.20. The lowest BCUT2D eigenvalue weighted by atomic mass is 10.1. The normalized spacial score (nSPS) is 15.6. The van der Waals surface area contributed by atoms with E-state index < -0.39 is 0 Å². The molecule has 0 N–H and O–H groups in total. The highest BCUT2D eigenvalue weighted by Crippen LogP contribution is 2.27. The minimum atomic E-state index is 0.256. The summed E-state index contributed by atoms with van der Waals surface area (Å²) < 4.78 is 1.93. The maximum atomic E-state index is 12.2. The zero-order valence-corrected chi connectivity index (χ0v) is 11.7. The van der Waals surface area contributed by atoms with Crippen LogP contribution in [0.5, 0.6) is 0 Å². The van der Waals surface area contributed by atoms with Gasteiger partial charge in [-0.1, -0.05) is 13.8 Å². The van der Waals surface area contributed by atoms with Crippen LogP contribution in [0.2, 0.25) is 0 Å². The van der Waals surface area contributed by atoms with E-state index in [1.54, 1.807) is 0 Å². The van der Waals surface area contributed by atoms with Crippen LogP contribution < -0.4 is 0 Å². The molecular weight excluding hydrogens is 224 g/mol. The number of aryl methyl sites for hydroxylation is 1. The Kier molecular flexibility index (Phi) is 4.23. The molecule has 0 unspecified atom stereocenters. The number of aromatic nitrogens is 1. The highest BCUT2D eigenvalue weighted by Gasteiger charge is 2.30. The summed E-state index contributed by atoms with van der Waals surface area (Å²) in [4.78, 5) is 14.6. The molecule has 0 aliphatic heterocycles. The maximum absolute atomic E-state index is 12.2. The summed E-state index contributed by atoms with van der Waals surface area (Å²) in [5.41, 5.74) is 0.840. The number of ketones is 1. The minimum Gasteiger partial charge on any atom is -0.357 e. The number of rotatable bonds is 7. The van der Waals surface area contributed by atoms with Gasteiger partial charge in [0.25, 0.3) is 0 Å². The lowest BCUT2D eigenvalue weighted by Crippen LogP contribution is -2.33.